The lowest BCUT2D eigenvalue weighted by Crippen LogP contribution is -2.47. The fourth-order valence-corrected chi connectivity index (χ4v) is 5.42. The number of ether oxygens (including phenoxy) is 1. The van der Waals surface area contributed by atoms with E-state index in [1.165, 1.54) is 31.3 Å². The van der Waals surface area contributed by atoms with E-state index in [1.54, 1.807) is 17.2 Å². The standard InChI is InChI=1S/C25H26Cl2F3N3O4/c1-31-24(35)37-32-9-7-18(8-10-32)33-11-6-16(23(33)34)12-20-21(26)13-17(14-22(20)27)15-2-4-19(5-3-15)36-25(28,29)30/h2-5,13-14,16,18H,6-12H2,1H3,(H,31,35)/t16-/m0/s1. The number of nitrogens with zero attached hydrogens (tertiary/aromatic N) is 2. The molecule has 200 valence electrons. The number of hydrogen-bond acceptors (Lipinski definition) is 5. The van der Waals surface area contributed by atoms with Crippen molar-refractivity contribution in [1.82, 2.24) is 15.3 Å². The average molecular weight is 560 g/mol. The molecular formula is C25H26Cl2F3N3O4. The molecule has 0 aliphatic carbocycles. The topological polar surface area (TPSA) is 71.1 Å². The Morgan fingerprint density at radius 2 is 1.65 bits per heavy atom. The molecule has 2 heterocycles. The summed E-state index contributed by atoms with van der Waals surface area (Å²) in [5, 5.41) is 4.80. The highest BCUT2D eigenvalue weighted by molar-refractivity contribution is 6.36. The SMILES string of the molecule is CNC(=O)ON1CCC(N2CC[C@@H](Cc3c(Cl)cc(-c4ccc(OC(F)(F)F)cc4)cc3Cl)C2=O)CC1. The third-order valence-electron chi connectivity index (χ3n) is 6.64. The van der Waals surface area contributed by atoms with Crippen molar-refractivity contribution in [3.05, 3.63) is 52.0 Å². The predicted molar refractivity (Wildman–Crippen MR) is 132 cm³/mol. The molecule has 2 aliphatic heterocycles. The minimum absolute atomic E-state index is 0.0575. The van der Waals surface area contributed by atoms with Gasteiger partial charge in [-0.1, -0.05) is 35.3 Å². The van der Waals surface area contributed by atoms with Crippen molar-refractivity contribution in [2.45, 2.75) is 38.1 Å². The van der Waals surface area contributed by atoms with E-state index in [0.717, 1.165) is 0 Å². The highest BCUT2D eigenvalue weighted by Crippen LogP contribution is 2.37. The van der Waals surface area contributed by atoms with E-state index >= 15 is 0 Å². The van der Waals surface area contributed by atoms with E-state index in [2.05, 4.69) is 10.1 Å². The lowest BCUT2D eigenvalue weighted by atomic mass is 9.95. The van der Waals surface area contributed by atoms with Gasteiger partial charge in [-0.15, -0.1) is 18.2 Å². The van der Waals surface area contributed by atoms with Crippen molar-refractivity contribution >= 4 is 35.2 Å². The second-order valence-corrected chi connectivity index (χ2v) is 9.82. The van der Waals surface area contributed by atoms with Gasteiger partial charge >= 0.3 is 12.5 Å². The molecule has 0 spiro atoms. The number of amides is 2. The van der Waals surface area contributed by atoms with Crippen LogP contribution in [-0.2, 0) is 16.1 Å². The Morgan fingerprint density at radius 1 is 1.03 bits per heavy atom. The molecule has 0 aromatic heterocycles. The smallest absolute Gasteiger partial charge is 0.406 e. The first-order chi connectivity index (χ1) is 17.5. The van der Waals surface area contributed by atoms with E-state index in [0.29, 0.717) is 72.1 Å². The summed E-state index contributed by atoms with van der Waals surface area (Å²) in [6.45, 7) is 1.74. The zero-order valence-corrected chi connectivity index (χ0v) is 21.5. The summed E-state index contributed by atoms with van der Waals surface area (Å²) in [6, 6.07) is 8.90. The molecule has 1 N–H and O–H groups in total. The number of likely N-dealkylation sites (tertiary alicyclic amines) is 1. The number of rotatable bonds is 6. The summed E-state index contributed by atoms with van der Waals surface area (Å²) in [6.07, 6.45) is -2.78. The molecule has 0 saturated carbocycles. The molecule has 7 nitrogen and oxygen atoms in total. The Morgan fingerprint density at radius 3 is 2.22 bits per heavy atom. The molecule has 0 radical (unpaired) electrons. The maximum Gasteiger partial charge on any atom is 0.573 e. The van der Waals surface area contributed by atoms with Crippen LogP contribution in [0, 0.1) is 5.92 Å². The monoisotopic (exact) mass is 559 g/mol. The van der Waals surface area contributed by atoms with Crippen molar-refractivity contribution < 1.29 is 32.3 Å². The van der Waals surface area contributed by atoms with Crippen molar-refractivity contribution in [2.75, 3.05) is 26.7 Å². The molecule has 2 aromatic carbocycles. The number of hydrogen-bond donors (Lipinski definition) is 1. The molecule has 1 atom stereocenters. The Hall–Kier alpha value is -2.69. The quantitative estimate of drug-likeness (QED) is 0.492. The van der Waals surface area contributed by atoms with Gasteiger partial charge in [-0.05, 0) is 66.6 Å². The molecule has 37 heavy (non-hydrogen) atoms. The predicted octanol–water partition coefficient (Wildman–Crippen LogP) is 5.69. The van der Waals surface area contributed by atoms with Crippen LogP contribution in [0.1, 0.15) is 24.8 Å². The normalized spacial score (nSPS) is 19.2. The maximum absolute atomic E-state index is 13.2. The Labute approximate surface area is 222 Å². The van der Waals surface area contributed by atoms with Crippen LogP contribution in [0.15, 0.2) is 36.4 Å². The Kier molecular flexibility index (Phi) is 8.40. The number of hydroxylamine groups is 2. The summed E-state index contributed by atoms with van der Waals surface area (Å²) in [4.78, 5) is 31.7. The lowest BCUT2D eigenvalue weighted by Gasteiger charge is -2.35. The second kappa shape index (κ2) is 11.4. The van der Waals surface area contributed by atoms with Gasteiger partial charge in [-0.25, -0.2) is 4.79 Å². The summed E-state index contributed by atoms with van der Waals surface area (Å²) in [5.41, 5.74) is 1.93. The van der Waals surface area contributed by atoms with Crippen LogP contribution in [-0.4, -0.2) is 61.0 Å². The average Bonchev–Trinajstić information content (AvgIpc) is 3.21. The summed E-state index contributed by atoms with van der Waals surface area (Å²) < 4.78 is 41.1. The molecule has 0 bridgehead atoms. The van der Waals surface area contributed by atoms with Crippen LogP contribution in [0.4, 0.5) is 18.0 Å². The number of carbonyl (C=O) groups is 2. The summed E-state index contributed by atoms with van der Waals surface area (Å²) in [5.74, 6) is -0.513. The van der Waals surface area contributed by atoms with Gasteiger partial charge in [0, 0.05) is 48.7 Å². The van der Waals surface area contributed by atoms with Crippen LogP contribution >= 0.6 is 23.2 Å². The van der Waals surface area contributed by atoms with Crippen LogP contribution < -0.4 is 10.1 Å². The first-order valence-electron chi connectivity index (χ1n) is 11.8. The number of alkyl halides is 3. The molecular weight excluding hydrogens is 534 g/mol. The third kappa shape index (κ3) is 6.80. The number of carbonyl (C=O) groups excluding carboxylic acids is 2. The van der Waals surface area contributed by atoms with Crippen molar-refractivity contribution in [3.63, 3.8) is 0 Å². The lowest BCUT2D eigenvalue weighted by molar-refractivity contribution is -0.274. The third-order valence-corrected chi connectivity index (χ3v) is 7.32. The van der Waals surface area contributed by atoms with Gasteiger partial charge in [-0.3, -0.25) is 4.79 Å². The number of nitrogens with one attached hydrogen (secondary N) is 1. The minimum Gasteiger partial charge on any atom is -0.406 e. The molecule has 2 amide bonds. The highest BCUT2D eigenvalue weighted by Gasteiger charge is 2.38. The fraction of sp³-hybridized carbons (Fsp3) is 0.440. The van der Waals surface area contributed by atoms with Crippen molar-refractivity contribution in [3.8, 4) is 16.9 Å². The first-order valence-corrected chi connectivity index (χ1v) is 12.6. The van der Waals surface area contributed by atoms with Gasteiger partial charge in [0.2, 0.25) is 5.91 Å². The molecule has 12 heteroatoms. The van der Waals surface area contributed by atoms with Gasteiger partial charge in [0.25, 0.3) is 0 Å². The van der Waals surface area contributed by atoms with Gasteiger partial charge in [0.15, 0.2) is 0 Å². The zero-order valence-electron chi connectivity index (χ0n) is 20.0. The van der Waals surface area contributed by atoms with Gasteiger partial charge in [0.1, 0.15) is 5.75 Å². The Bertz CT molecular complexity index is 1120. The van der Waals surface area contributed by atoms with Crippen LogP contribution in [0.2, 0.25) is 10.0 Å². The highest BCUT2D eigenvalue weighted by atomic mass is 35.5. The van der Waals surface area contributed by atoms with Gasteiger partial charge in [-0.2, -0.15) is 0 Å². The largest absolute Gasteiger partial charge is 0.573 e. The van der Waals surface area contributed by atoms with E-state index in [-0.39, 0.29) is 23.6 Å². The number of benzene rings is 2. The number of piperidine rings is 1. The zero-order chi connectivity index (χ0) is 26.7. The molecule has 0 unspecified atom stereocenters. The van der Waals surface area contributed by atoms with Crippen molar-refractivity contribution in [1.29, 1.82) is 0 Å². The van der Waals surface area contributed by atoms with Crippen LogP contribution in [0.5, 0.6) is 5.75 Å². The second-order valence-electron chi connectivity index (χ2n) is 9.00. The first kappa shape index (κ1) is 27.3. The van der Waals surface area contributed by atoms with Crippen molar-refractivity contribution in [2.24, 2.45) is 5.92 Å². The Balaban J connectivity index is 1.38. The van der Waals surface area contributed by atoms with E-state index in [4.69, 9.17) is 28.0 Å². The fourth-order valence-electron chi connectivity index (χ4n) is 4.78. The van der Waals surface area contributed by atoms with E-state index < -0.39 is 12.5 Å². The summed E-state index contributed by atoms with van der Waals surface area (Å²) in [7, 11) is 1.50. The molecule has 2 saturated heterocycles. The molecule has 4 rings (SSSR count). The van der Waals surface area contributed by atoms with Gasteiger partial charge < -0.3 is 19.8 Å². The minimum atomic E-state index is -4.76. The maximum atomic E-state index is 13.2. The van der Waals surface area contributed by atoms with E-state index in [9.17, 15) is 22.8 Å². The molecule has 2 aromatic rings. The van der Waals surface area contributed by atoms with Crippen LogP contribution in [0.25, 0.3) is 11.1 Å². The molecule has 2 fully saturated rings. The number of halogens is 5. The molecule has 2 aliphatic rings. The van der Waals surface area contributed by atoms with E-state index in [1.807, 2.05) is 4.90 Å². The van der Waals surface area contributed by atoms with Gasteiger partial charge in [0.05, 0.1) is 0 Å². The summed E-state index contributed by atoms with van der Waals surface area (Å²) >= 11 is 13.1. The van der Waals surface area contributed by atoms with Crippen LogP contribution in [0.3, 0.4) is 0 Å².